The molecule has 4 heteroatoms. The van der Waals surface area contributed by atoms with Gasteiger partial charge in [0, 0.05) is 18.0 Å². The molecule has 3 nitrogen and oxygen atoms in total. The van der Waals surface area contributed by atoms with Crippen LogP contribution in [0.3, 0.4) is 0 Å². The van der Waals surface area contributed by atoms with Gasteiger partial charge in [0.25, 0.3) is 0 Å². The van der Waals surface area contributed by atoms with E-state index in [1.165, 1.54) is 38.4 Å². The Morgan fingerprint density at radius 3 is 2.43 bits per heavy atom. The zero-order chi connectivity index (χ0) is 14.6. The van der Waals surface area contributed by atoms with Gasteiger partial charge in [-0.05, 0) is 73.6 Å². The molecule has 1 aromatic carbocycles. The molecule has 0 spiro atoms. The number of nitrogens with one attached hydrogen (secondary N) is 1. The van der Waals surface area contributed by atoms with Crippen molar-refractivity contribution in [3.05, 3.63) is 24.3 Å². The summed E-state index contributed by atoms with van der Waals surface area (Å²) in [5.74, 6) is 3.75. The van der Waals surface area contributed by atoms with E-state index in [2.05, 4.69) is 5.32 Å². The molecule has 0 aliphatic heterocycles. The molecule has 1 N–H and O–H groups in total. The Balaban J connectivity index is 1.48. The maximum absolute atomic E-state index is 11.5. The molecule has 114 valence electrons. The average molecular weight is 305 g/mol. The molecule has 2 bridgehead atoms. The molecular formula is C17H23NO2S. The summed E-state index contributed by atoms with van der Waals surface area (Å²) < 4.78 is 23.0. The van der Waals surface area contributed by atoms with Crippen LogP contribution in [0.1, 0.15) is 32.1 Å². The van der Waals surface area contributed by atoms with Crippen LogP contribution in [-0.4, -0.2) is 20.7 Å². The van der Waals surface area contributed by atoms with Gasteiger partial charge >= 0.3 is 0 Å². The molecule has 21 heavy (non-hydrogen) atoms. The largest absolute Gasteiger partial charge is 0.382 e. The molecule has 4 rings (SSSR count). The highest BCUT2D eigenvalue weighted by Crippen LogP contribution is 2.59. The summed E-state index contributed by atoms with van der Waals surface area (Å²) in [6, 6.07) is 7.84. The van der Waals surface area contributed by atoms with Crippen molar-refractivity contribution in [3.8, 4) is 0 Å². The molecule has 3 aliphatic rings. The molecule has 0 aromatic heterocycles. The van der Waals surface area contributed by atoms with Crippen molar-refractivity contribution >= 4 is 15.5 Å². The lowest BCUT2D eigenvalue weighted by Gasteiger charge is -2.32. The lowest BCUT2D eigenvalue weighted by Crippen LogP contribution is -2.33. The van der Waals surface area contributed by atoms with Gasteiger partial charge in [-0.2, -0.15) is 0 Å². The molecule has 0 radical (unpaired) electrons. The van der Waals surface area contributed by atoms with Crippen LogP contribution in [0.2, 0.25) is 0 Å². The van der Waals surface area contributed by atoms with Crippen LogP contribution in [-0.2, 0) is 9.84 Å². The van der Waals surface area contributed by atoms with Crippen molar-refractivity contribution in [2.24, 2.45) is 23.7 Å². The van der Waals surface area contributed by atoms with Gasteiger partial charge in [0.05, 0.1) is 4.90 Å². The summed E-state index contributed by atoms with van der Waals surface area (Å²) in [7, 11) is -3.09. The lowest BCUT2D eigenvalue weighted by atomic mass is 9.79. The standard InChI is InChI=1S/C17H23NO2S/c1-21(19,20)13-7-5-12(6-8-13)18-17-10-11-9-16(17)15-4-2-3-14(11)15/h5-8,11,14-18H,2-4,9-10H2,1H3. The first-order valence-corrected chi connectivity index (χ1v) is 9.98. The quantitative estimate of drug-likeness (QED) is 0.931. The van der Waals surface area contributed by atoms with E-state index in [1.54, 1.807) is 12.1 Å². The van der Waals surface area contributed by atoms with Crippen LogP contribution < -0.4 is 5.32 Å². The van der Waals surface area contributed by atoms with Crippen LogP contribution in [0.15, 0.2) is 29.2 Å². The molecule has 3 aliphatic carbocycles. The Bertz CT molecular complexity index is 637. The molecule has 0 heterocycles. The Morgan fingerprint density at radius 2 is 1.71 bits per heavy atom. The van der Waals surface area contributed by atoms with Crippen LogP contribution in [0.5, 0.6) is 0 Å². The van der Waals surface area contributed by atoms with E-state index in [0.29, 0.717) is 10.9 Å². The highest BCUT2D eigenvalue weighted by molar-refractivity contribution is 7.90. The Labute approximate surface area is 127 Å². The number of hydrogen-bond donors (Lipinski definition) is 1. The average Bonchev–Trinajstić information content (AvgIpc) is 3.10. The first kappa shape index (κ1) is 13.6. The number of sulfone groups is 1. The van der Waals surface area contributed by atoms with Crippen LogP contribution in [0, 0.1) is 23.7 Å². The van der Waals surface area contributed by atoms with E-state index in [0.717, 1.165) is 29.4 Å². The zero-order valence-electron chi connectivity index (χ0n) is 12.5. The second-order valence-electron chi connectivity index (χ2n) is 7.20. The molecule has 3 saturated carbocycles. The summed E-state index contributed by atoms with van der Waals surface area (Å²) in [5, 5.41) is 3.67. The van der Waals surface area contributed by atoms with Gasteiger partial charge in [0.2, 0.25) is 0 Å². The molecule has 0 amide bonds. The molecular weight excluding hydrogens is 282 g/mol. The van der Waals surface area contributed by atoms with E-state index in [9.17, 15) is 8.42 Å². The zero-order valence-corrected chi connectivity index (χ0v) is 13.3. The summed E-state index contributed by atoms with van der Waals surface area (Å²) in [4.78, 5) is 0.400. The van der Waals surface area contributed by atoms with E-state index in [4.69, 9.17) is 0 Å². The molecule has 3 fully saturated rings. The van der Waals surface area contributed by atoms with Crippen molar-refractivity contribution in [1.29, 1.82) is 0 Å². The van der Waals surface area contributed by atoms with Gasteiger partial charge < -0.3 is 5.32 Å². The summed E-state index contributed by atoms with van der Waals surface area (Å²) >= 11 is 0. The number of fused-ring (bicyclic) bond motifs is 5. The first-order valence-electron chi connectivity index (χ1n) is 8.09. The highest BCUT2D eigenvalue weighted by Gasteiger charge is 2.53. The minimum Gasteiger partial charge on any atom is -0.382 e. The molecule has 5 unspecified atom stereocenters. The van der Waals surface area contributed by atoms with E-state index < -0.39 is 9.84 Å². The van der Waals surface area contributed by atoms with Gasteiger partial charge in [0.1, 0.15) is 0 Å². The van der Waals surface area contributed by atoms with Crippen LogP contribution in [0.25, 0.3) is 0 Å². The van der Waals surface area contributed by atoms with Crippen molar-refractivity contribution in [2.45, 2.75) is 43.0 Å². The molecule has 0 saturated heterocycles. The smallest absolute Gasteiger partial charge is 0.175 e. The van der Waals surface area contributed by atoms with Gasteiger partial charge in [-0.15, -0.1) is 0 Å². The number of benzene rings is 1. The van der Waals surface area contributed by atoms with Crippen LogP contribution in [0.4, 0.5) is 5.69 Å². The molecule has 1 aromatic rings. The predicted molar refractivity (Wildman–Crippen MR) is 84.0 cm³/mol. The van der Waals surface area contributed by atoms with Crippen molar-refractivity contribution in [1.82, 2.24) is 0 Å². The second kappa shape index (κ2) is 4.73. The Kier molecular flexibility index (Phi) is 3.07. The lowest BCUT2D eigenvalue weighted by molar-refractivity contribution is 0.243. The monoisotopic (exact) mass is 305 g/mol. The number of hydrogen-bond acceptors (Lipinski definition) is 3. The summed E-state index contributed by atoms with van der Waals surface area (Å²) in [6.45, 7) is 0. The Morgan fingerprint density at radius 1 is 1.00 bits per heavy atom. The minimum atomic E-state index is -3.09. The normalized spacial score (nSPS) is 37.7. The van der Waals surface area contributed by atoms with Gasteiger partial charge in [0.15, 0.2) is 9.84 Å². The van der Waals surface area contributed by atoms with Crippen molar-refractivity contribution in [3.63, 3.8) is 0 Å². The highest BCUT2D eigenvalue weighted by atomic mass is 32.2. The maximum atomic E-state index is 11.5. The Hall–Kier alpha value is -1.03. The SMILES string of the molecule is CS(=O)(=O)c1ccc(NC2CC3CC2C2CCCC32)cc1. The topological polar surface area (TPSA) is 46.2 Å². The fourth-order valence-corrected chi connectivity index (χ4v) is 5.88. The number of anilines is 1. The third-order valence-electron chi connectivity index (χ3n) is 6.06. The first-order chi connectivity index (χ1) is 10.0. The fourth-order valence-electron chi connectivity index (χ4n) is 5.25. The second-order valence-corrected chi connectivity index (χ2v) is 9.22. The van der Waals surface area contributed by atoms with Crippen molar-refractivity contribution < 1.29 is 8.42 Å². The van der Waals surface area contributed by atoms with Crippen LogP contribution >= 0.6 is 0 Å². The fraction of sp³-hybridized carbons (Fsp3) is 0.647. The maximum Gasteiger partial charge on any atom is 0.175 e. The van der Waals surface area contributed by atoms with E-state index in [-0.39, 0.29) is 0 Å². The van der Waals surface area contributed by atoms with E-state index in [1.807, 2.05) is 12.1 Å². The van der Waals surface area contributed by atoms with Gasteiger partial charge in [-0.1, -0.05) is 6.42 Å². The molecule has 5 atom stereocenters. The summed E-state index contributed by atoms with van der Waals surface area (Å²) in [6.07, 6.45) is 8.29. The van der Waals surface area contributed by atoms with E-state index >= 15 is 0 Å². The predicted octanol–water partition coefficient (Wildman–Crippen LogP) is 3.33. The van der Waals surface area contributed by atoms with Gasteiger partial charge in [-0.3, -0.25) is 0 Å². The van der Waals surface area contributed by atoms with Gasteiger partial charge in [-0.25, -0.2) is 8.42 Å². The summed E-state index contributed by atoms with van der Waals surface area (Å²) in [5.41, 5.74) is 1.06. The third-order valence-corrected chi connectivity index (χ3v) is 7.19. The number of rotatable bonds is 3. The van der Waals surface area contributed by atoms with Crippen molar-refractivity contribution in [2.75, 3.05) is 11.6 Å². The third kappa shape index (κ3) is 2.28. The minimum absolute atomic E-state index is 0.400.